The van der Waals surface area contributed by atoms with E-state index in [-0.39, 0.29) is 0 Å². The smallest absolute Gasteiger partial charge is 0.166 e. The van der Waals surface area contributed by atoms with Crippen LogP contribution in [0.5, 0.6) is 0 Å². The van der Waals surface area contributed by atoms with Crippen molar-refractivity contribution in [3.8, 4) is 0 Å². The standard InChI is InChI=1S/C8H14N4S/c1-6-4-7(12(3)11-6)5-10-8(13)9-2/h4H,5H2,1-3H3,(H2,9,10,13). The van der Waals surface area contributed by atoms with E-state index in [0.29, 0.717) is 11.7 Å². The summed E-state index contributed by atoms with van der Waals surface area (Å²) in [5, 5.41) is 10.8. The van der Waals surface area contributed by atoms with Gasteiger partial charge in [0.05, 0.1) is 17.9 Å². The van der Waals surface area contributed by atoms with Crippen molar-refractivity contribution in [2.45, 2.75) is 13.5 Å². The third-order valence-electron chi connectivity index (χ3n) is 1.76. The Labute approximate surface area is 83.3 Å². The van der Waals surface area contributed by atoms with Gasteiger partial charge in [-0.2, -0.15) is 5.10 Å². The number of aromatic nitrogens is 2. The molecule has 0 bridgehead atoms. The van der Waals surface area contributed by atoms with E-state index in [4.69, 9.17) is 12.2 Å². The summed E-state index contributed by atoms with van der Waals surface area (Å²) >= 11 is 4.95. The second-order valence-corrected chi connectivity index (χ2v) is 3.24. The highest BCUT2D eigenvalue weighted by atomic mass is 32.1. The molecule has 0 aliphatic carbocycles. The molecule has 0 unspecified atom stereocenters. The van der Waals surface area contributed by atoms with Crippen LogP contribution in [0.3, 0.4) is 0 Å². The van der Waals surface area contributed by atoms with Gasteiger partial charge in [0.1, 0.15) is 0 Å². The minimum Gasteiger partial charge on any atom is -0.366 e. The molecule has 1 aromatic rings. The van der Waals surface area contributed by atoms with E-state index >= 15 is 0 Å². The zero-order valence-corrected chi connectivity index (χ0v) is 8.90. The maximum absolute atomic E-state index is 4.95. The summed E-state index contributed by atoms with van der Waals surface area (Å²) in [4.78, 5) is 0. The van der Waals surface area contributed by atoms with Crippen LogP contribution in [0, 0.1) is 6.92 Å². The number of nitrogens with one attached hydrogen (secondary N) is 2. The van der Waals surface area contributed by atoms with Gasteiger partial charge in [0.25, 0.3) is 0 Å². The molecular weight excluding hydrogens is 184 g/mol. The van der Waals surface area contributed by atoms with Gasteiger partial charge in [0, 0.05) is 14.1 Å². The molecule has 0 saturated heterocycles. The van der Waals surface area contributed by atoms with Crippen molar-refractivity contribution < 1.29 is 0 Å². The molecule has 0 fully saturated rings. The number of thiocarbonyl (C=S) groups is 1. The summed E-state index contributed by atoms with van der Waals surface area (Å²) in [6.45, 7) is 2.68. The molecule has 5 heteroatoms. The Bertz CT molecular complexity index is 305. The molecular formula is C8H14N4S. The minimum atomic E-state index is 0.652. The van der Waals surface area contributed by atoms with Crippen LogP contribution in [0.25, 0.3) is 0 Å². The molecule has 0 spiro atoms. The molecule has 1 heterocycles. The van der Waals surface area contributed by atoms with Crippen molar-refractivity contribution >= 4 is 17.3 Å². The van der Waals surface area contributed by atoms with E-state index in [0.717, 1.165) is 11.4 Å². The van der Waals surface area contributed by atoms with Crippen LogP contribution in [-0.4, -0.2) is 21.9 Å². The molecule has 0 aromatic carbocycles. The van der Waals surface area contributed by atoms with E-state index in [1.807, 2.05) is 24.7 Å². The Kier molecular flexibility index (Phi) is 3.25. The van der Waals surface area contributed by atoms with Gasteiger partial charge in [0.2, 0.25) is 0 Å². The van der Waals surface area contributed by atoms with E-state index in [2.05, 4.69) is 15.7 Å². The first-order valence-electron chi connectivity index (χ1n) is 4.08. The highest BCUT2D eigenvalue weighted by Gasteiger charge is 2.01. The number of hydrogen-bond donors (Lipinski definition) is 2. The van der Waals surface area contributed by atoms with Gasteiger partial charge in [-0.05, 0) is 25.2 Å². The van der Waals surface area contributed by atoms with Gasteiger partial charge in [-0.15, -0.1) is 0 Å². The predicted octanol–water partition coefficient (Wildman–Crippen LogP) is 0.322. The summed E-state index contributed by atoms with van der Waals surface area (Å²) in [6.07, 6.45) is 0. The van der Waals surface area contributed by atoms with Crippen molar-refractivity contribution in [3.05, 3.63) is 17.5 Å². The van der Waals surface area contributed by atoms with Crippen molar-refractivity contribution in [1.82, 2.24) is 20.4 Å². The van der Waals surface area contributed by atoms with E-state index in [9.17, 15) is 0 Å². The summed E-state index contributed by atoms with van der Waals surface area (Å²) < 4.78 is 1.85. The Morgan fingerprint density at radius 2 is 2.38 bits per heavy atom. The van der Waals surface area contributed by atoms with Gasteiger partial charge in [-0.25, -0.2) is 0 Å². The summed E-state index contributed by atoms with van der Waals surface area (Å²) in [6, 6.07) is 2.03. The minimum absolute atomic E-state index is 0.652. The quantitative estimate of drug-likeness (QED) is 0.672. The molecule has 0 aliphatic heterocycles. The van der Waals surface area contributed by atoms with Crippen LogP contribution < -0.4 is 10.6 Å². The van der Waals surface area contributed by atoms with Crippen molar-refractivity contribution in [1.29, 1.82) is 0 Å². The zero-order chi connectivity index (χ0) is 9.84. The lowest BCUT2D eigenvalue weighted by Gasteiger charge is -2.06. The molecule has 1 aromatic heterocycles. The summed E-state index contributed by atoms with van der Waals surface area (Å²) in [7, 11) is 3.72. The largest absolute Gasteiger partial charge is 0.366 e. The van der Waals surface area contributed by atoms with Crippen molar-refractivity contribution in [2.75, 3.05) is 7.05 Å². The first-order chi connectivity index (χ1) is 6.13. The first kappa shape index (κ1) is 9.98. The molecule has 0 aliphatic rings. The fourth-order valence-corrected chi connectivity index (χ4v) is 1.16. The first-order valence-corrected chi connectivity index (χ1v) is 4.49. The lowest BCUT2D eigenvalue weighted by atomic mass is 10.4. The number of hydrogen-bond acceptors (Lipinski definition) is 2. The molecule has 0 radical (unpaired) electrons. The van der Waals surface area contributed by atoms with Gasteiger partial charge < -0.3 is 10.6 Å². The highest BCUT2D eigenvalue weighted by Crippen LogP contribution is 2.00. The van der Waals surface area contributed by atoms with Crippen LogP contribution >= 0.6 is 12.2 Å². The fourth-order valence-electron chi connectivity index (χ4n) is 1.09. The monoisotopic (exact) mass is 198 g/mol. The molecule has 0 saturated carbocycles. The highest BCUT2D eigenvalue weighted by molar-refractivity contribution is 7.80. The Hall–Kier alpha value is -1.10. The second kappa shape index (κ2) is 4.23. The average Bonchev–Trinajstić information content (AvgIpc) is 2.41. The Morgan fingerprint density at radius 1 is 1.69 bits per heavy atom. The Morgan fingerprint density at radius 3 is 2.85 bits per heavy atom. The maximum atomic E-state index is 4.95. The van der Waals surface area contributed by atoms with Gasteiger partial charge in [-0.1, -0.05) is 0 Å². The average molecular weight is 198 g/mol. The zero-order valence-electron chi connectivity index (χ0n) is 8.09. The molecule has 4 nitrogen and oxygen atoms in total. The normalized spacial score (nSPS) is 9.77. The number of aryl methyl sites for hydroxylation is 2. The van der Waals surface area contributed by atoms with E-state index < -0.39 is 0 Å². The van der Waals surface area contributed by atoms with Crippen molar-refractivity contribution in [3.63, 3.8) is 0 Å². The van der Waals surface area contributed by atoms with E-state index in [1.54, 1.807) is 7.05 Å². The van der Waals surface area contributed by atoms with Crippen LogP contribution in [0.1, 0.15) is 11.4 Å². The SMILES string of the molecule is CNC(=S)NCc1cc(C)nn1C. The van der Waals surface area contributed by atoms with Gasteiger partial charge in [-0.3, -0.25) is 4.68 Å². The predicted molar refractivity (Wildman–Crippen MR) is 56.4 cm³/mol. The third kappa shape index (κ3) is 2.69. The molecule has 0 amide bonds. The van der Waals surface area contributed by atoms with Gasteiger partial charge >= 0.3 is 0 Å². The third-order valence-corrected chi connectivity index (χ3v) is 2.10. The van der Waals surface area contributed by atoms with Crippen molar-refractivity contribution in [2.24, 2.45) is 7.05 Å². The fraction of sp³-hybridized carbons (Fsp3) is 0.500. The summed E-state index contributed by atoms with van der Waals surface area (Å²) in [5.74, 6) is 0. The van der Waals surface area contributed by atoms with Crippen LogP contribution in [-0.2, 0) is 13.6 Å². The summed E-state index contributed by atoms with van der Waals surface area (Å²) in [5.41, 5.74) is 2.14. The maximum Gasteiger partial charge on any atom is 0.166 e. The number of rotatable bonds is 2. The lowest BCUT2D eigenvalue weighted by Crippen LogP contribution is -2.32. The van der Waals surface area contributed by atoms with Crippen LogP contribution in [0.15, 0.2) is 6.07 Å². The lowest BCUT2D eigenvalue weighted by molar-refractivity contribution is 0.686. The number of nitrogens with zero attached hydrogens (tertiary/aromatic N) is 2. The Balaban J connectivity index is 2.54. The topological polar surface area (TPSA) is 41.9 Å². The van der Waals surface area contributed by atoms with Gasteiger partial charge in [0.15, 0.2) is 5.11 Å². The molecule has 72 valence electrons. The van der Waals surface area contributed by atoms with E-state index in [1.165, 1.54) is 0 Å². The second-order valence-electron chi connectivity index (χ2n) is 2.83. The van der Waals surface area contributed by atoms with Crippen LogP contribution in [0.2, 0.25) is 0 Å². The molecule has 13 heavy (non-hydrogen) atoms. The van der Waals surface area contributed by atoms with Crippen LogP contribution in [0.4, 0.5) is 0 Å². The molecule has 0 atom stereocenters. The molecule has 1 rings (SSSR count). The molecule has 2 N–H and O–H groups in total.